The van der Waals surface area contributed by atoms with Crippen LogP contribution in [0.5, 0.6) is 0 Å². The Morgan fingerprint density at radius 2 is 0.886 bits per heavy atom. The first-order valence-electron chi connectivity index (χ1n) is 15.0. The van der Waals surface area contributed by atoms with Crippen LogP contribution >= 0.6 is 0 Å². The van der Waals surface area contributed by atoms with E-state index in [2.05, 4.69) is 134 Å². The molecule has 2 heteroatoms. The fourth-order valence-electron chi connectivity index (χ4n) is 7.56. The van der Waals surface area contributed by atoms with Gasteiger partial charge in [-0.25, -0.2) is 9.97 Å². The summed E-state index contributed by atoms with van der Waals surface area (Å²) in [6.07, 6.45) is 1.84. The van der Waals surface area contributed by atoms with E-state index in [1.165, 1.54) is 70.2 Å². The zero-order chi connectivity index (χ0) is 28.9. The van der Waals surface area contributed by atoms with Gasteiger partial charge < -0.3 is 0 Å². The van der Waals surface area contributed by atoms with E-state index >= 15 is 0 Å². The SMILES string of the molecule is C=Cc1nc2cccc(-c3ccc4ccc5cccc6ccc3c4c56)c2nc1-c1ccc2ccc3cccc4ccc1c2c34. The molecule has 0 fully saturated rings. The second-order valence-corrected chi connectivity index (χ2v) is 11.8. The van der Waals surface area contributed by atoms with E-state index in [0.29, 0.717) is 0 Å². The first-order chi connectivity index (χ1) is 21.8. The summed E-state index contributed by atoms with van der Waals surface area (Å²) in [7, 11) is 0. The molecule has 0 unspecified atom stereocenters. The van der Waals surface area contributed by atoms with Crippen molar-refractivity contribution in [3.63, 3.8) is 0 Å². The van der Waals surface area contributed by atoms with Gasteiger partial charge in [-0.05, 0) is 82.3 Å². The summed E-state index contributed by atoms with van der Waals surface area (Å²) < 4.78 is 0. The molecule has 0 saturated carbocycles. The van der Waals surface area contributed by atoms with Crippen LogP contribution in [0.1, 0.15) is 5.69 Å². The van der Waals surface area contributed by atoms with Crippen LogP contribution < -0.4 is 0 Å². The molecule has 0 amide bonds. The van der Waals surface area contributed by atoms with Gasteiger partial charge >= 0.3 is 0 Å². The van der Waals surface area contributed by atoms with Crippen molar-refractivity contribution in [1.29, 1.82) is 0 Å². The number of fused-ring (bicyclic) bond motifs is 1. The zero-order valence-electron chi connectivity index (χ0n) is 23.8. The highest BCUT2D eigenvalue weighted by Gasteiger charge is 2.19. The van der Waals surface area contributed by atoms with Crippen molar-refractivity contribution in [2.75, 3.05) is 0 Å². The third-order valence-electron chi connectivity index (χ3n) is 9.52. The lowest BCUT2D eigenvalue weighted by Crippen LogP contribution is -1.98. The second kappa shape index (κ2) is 8.59. The van der Waals surface area contributed by atoms with Crippen molar-refractivity contribution >= 4 is 81.7 Å². The topological polar surface area (TPSA) is 25.8 Å². The molecule has 0 atom stereocenters. The molecular formula is C42H24N2. The minimum Gasteiger partial charge on any atom is -0.244 e. The van der Waals surface area contributed by atoms with Gasteiger partial charge in [0.05, 0.1) is 22.4 Å². The molecule has 0 saturated heterocycles. The number of para-hydroxylation sites is 1. The molecule has 0 radical (unpaired) electrons. The molecule has 1 heterocycles. The predicted molar refractivity (Wildman–Crippen MR) is 188 cm³/mol. The Hall–Kier alpha value is -5.86. The van der Waals surface area contributed by atoms with Gasteiger partial charge in [0.25, 0.3) is 0 Å². The molecular weight excluding hydrogens is 532 g/mol. The molecule has 202 valence electrons. The number of hydrogen-bond donors (Lipinski definition) is 0. The third kappa shape index (κ3) is 3.09. The Morgan fingerprint density at radius 1 is 0.409 bits per heavy atom. The normalized spacial score (nSPS) is 12.2. The maximum atomic E-state index is 5.45. The van der Waals surface area contributed by atoms with Gasteiger partial charge in [0.15, 0.2) is 0 Å². The highest BCUT2D eigenvalue weighted by atomic mass is 14.8. The van der Waals surface area contributed by atoms with Gasteiger partial charge in [-0.15, -0.1) is 0 Å². The number of rotatable bonds is 3. The zero-order valence-corrected chi connectivity index (χ0v) is 23.8. The summed E-state index contributed by atoms with van der Waals surface area (Å²) in [6, 6.07) is 46.2. The molecule has 0 bridgehead atoms. The minimum absolute atomic E-state index is 0.792. The highest BCUT2D eigenvalue weighted by molar-refractivity contribution is 6.27. The number of hydrogen-bond acceptors (Lipinski definition) is 2. The van der Waals surface area contributed by atoms with Crippen LogP contribution in [0.25, 0.3) is 104 Å². The predicted octanol–water partition coefficient (Wildman–Crippen LogP) is 11.4. The van der Waals surface area contributed by atoms with Gasteiger partial charge in [-0.1, -0.05) is 128 Å². The van der Waals surface area contributed by atoms with Crippen LogP contribution in [0.4, 0.5) is 0 Å². The first-order valence-corrected chi connectivity index (χ1v) is 15.0. The maximum absolute atomic E-state index is 5.45. The Balaban J connectivity index is 1.29. The van der Waals surface area contributed by atoms with Gasteiger partial charge in [0.1, 0.15) is 0 Å². The van der Waals surface area contributed by atoms with E-state index in [1.807, 2.05) is 6.08 Å². The van der Waals surface area contributed by atoms with Crippen LogP contribution in [-0.2, 0) is 0 Å². The number of benzene rings is 9. The molecule has 44 heavy (non-hydrogen) atoms. The van der Waals surface area contributed by atoms with Crippen LogP contribution in [0.3, 0.4) is 0 Å². The van der Waals surface area contributed by atoms with E-state index in [-0.39, 0.29) is 0 Å². The van der Waals surface area contributed by atoms with Crippen LogP contribution in [0.15, 0.2) is 134 Å². The van der Waals surface area contributed by atoms with Crippen LogP contribution in [0, 0.1) is 0 Å². The van der Waals surface area contributed by atoms with Crippen molar-refractivity contribution in [2.24, 2.45) is 0 Å². The monoisotopic (exact) mass is 556 g/mol. The lowest BCUT2D eigenvalue weighted by atomic mass is 9.89. The molecule has 10 aromatic rings. The summed E-state index contributed by atoms with van der Waals surface area (Å²) in [6.45, 7) is 4.15. The summed E-state index contributed by atoms with van der Waals surface area (Å²) >= 11 is 0. The van der Waals surface area contributed by atoms with Crippen LogP contribution in [0.2, 0.25) is 0 Å². The van der Waals surface area contributed by atoms with Gasteiger partial charge in [0, 0.05) is 11.1 Å². The largest absolute Gasteiger partial charge is 0.244 e. The lowest BCUT2D eigenvalue weighted by Gasteiger charge is -2.17. The second-order valence-electron chi connectivity index (χ2n) is 11.8. The Labute approximate surface area is 253 Å². The van der Waals surface area contributed by atoms with E-state index in [0.717, 1.165) is 33.5 Å². The minimum atomic E-state index is 0.792. The van der Waals surface area contributed by atoms with Crippen LogP contribution in [-0.4, -0.2) is 9.97 Å². The van der Waals surface area contributed by atoms with Crippen molar-refractivity contribution in [1.82, 2.24) is 9.97 Å². The van der Waals surface area contributed by atoms with Gasteiger partial charge in [-0.3, -0.25) is 0 Å². The lowest BCUT2D eigenvalue weighted by molar-refractivity contribution is 1.27. The van der Waals surface area contributed by atoms with E-state index in [1.54, 1.807) is 0 Å². The molecule has 1 aromatic heterocycles. The smallest absolute Gasteiger partial charge is 0.0973 e. The fourth-order valence-corrected chi connectivity index (χ4v) is 7.56. The van der Waals surface area contributed by atoms with E-state index in [9.17, 15) is 0 Å². The van der Waals surface area contributed by atoms with Crippen molar-refractivity contribution in [2.45, 2.75) is 0 Å². The first kappa shape index (κ1) is 23.7. The third-order valence-corrected chi connectivity index (χ3v) is 9.52. The van der Waals surface area contributed by atoms with Crippen molar-refractivity contribution < 1.29 is 0 Å². The summed E-state index contributed by atoms with van der Waals surface area (Å²) in [5, 5.41) is 15.1. The molecule has 10 rings (SSSR count). The van der Waals surface area contributed by atoms with Crippen molar-refractivity contribution in [3.8, 4) is 22.4 Å². The summed E-state index contributed by atoms with van der Waals surface area (Å²) in [5.41, 5.74) is 6.74. The molecule has 0 aliphatic carbocycles. The standard InChI is InChI=1S/C42H24N2/c1-2-35-41(34-23-19-29-15-13-25-7-4-9-27-18-22-32(34)40(29)38(25)27)44-42-33(10-5-11-36(42)43-35)30-20-16-28-14-12-24-6-3-8-26-17-21-31(30)39(28)37(24)26/h2-23H,1H2. The molecule has 2 nitrogen and oxygen atoms in total. The van der Waals surface area contributed by atoms with E-state index < -0.39 is 0 Å². The summed E-state index contributed by atoms with van der Waals surface area (Å²) in [5.74, 6) is 0. The highest BCUT2D eigenvalue weighted by Crippen LogP contribution is 2.43. The Morgan fingerprint density at radius 3 is 1.48 bits per heavy atom. The number of aromatic nitrogens is 2. The van der Waals surface area contributed by atoms with E-state index in [4.69, 9.17) is 9.97 Å². The fraction of sp³-hybridized carbons (Fsp3) is 0. The molecule has 9 aromatic carbocycles. The summed E-state index contributed by atoms with van der Waals surface area (Å²) in [4.78, 5) is 10.6. The molecule has 0 aliphatic heterocycles. The average molecular weight is 557 g/mol. The molecule has 0 aliphatic rings. The average Bonchev–Trinajstić information content (AvgIpc) is 3.08. The Kier molecular flexibility index (Phi) is 4.62. The molecule has 0 N–H and O–H groups in total. The maximum Gasteiger partial charge on any atom is 0.0973 e. The Bertz CT molecular complexity index is 2760. The van der Waals surface area contributed by atoms with Gasteiger partial charge in [0.2, 0.25) is 0 Å². The van der Waals surface area contributed by atoms with Gasteiger partial charge in [-0.2, -0.15) is 0 Å². The quantitative estimate of drug-likeness (QED) is 0.202. The molecule has 0 spiro atoms. The number of nitrogens with zero attached hydrogens (tertiary/aromatic N) is 2. The van der Waals surface area contributed by atoms with Crippen molar-refractivity contribution in [3.05, 3.63) is 140 Å².